The first-order chi connectivity index (χ1) is 20.6. The zero-order valence-electron chi connectivity index (χ0n) is 23.7. The minimum Gasteiger partial charge on any atom is -0.493 e. The van der Waals surface area contributed by atoms with Gasteiger partial charge in [-0.1, -0.05) is 0 Å². The minimum absolute atomic E-state index is 0.142. The van der Waals surface area contributed by atoms with Gasteiger partial charge in [-0.05, 0) is 56.0 Å². The molecular formula is C30H32N4O9. The van der Waals surface area contributed by atoms with Gasteiger partial charge in [0.2, 0.25) is 0 Å². The van der Waals surface area contributed by atoms with E-state index in [1.54, 1.807) is 36.6 Å². The van der Waals surface area contributed by atoms with Crippen LogP contribution >= 0.6 is 0 Å². The van der Waals surface area contributed by atoms with Gasteiger partial charge in [0.15, 0.2) is 17.1 Å². The van der Waals surface area contributed by atoms with Crippen LogP contribution in [0.3, 0.4) is 0 Å². The highest BCUT2D eigenvalue weighted by molar-refractivity contribution is 6.15. The van der Waals surface area contributed by atoms with E-state index in [0.717, 1.165) is 22.4 Å². The summed E-state index contributed by atoms with van der Waals surface area (Å²) in [5.74, 6) is -2.67. The van der Waals surface area contributed by atoms with Crippen LogP contribution in [-0.4, -0.2) is 84.9 Å². The number of aromatic nitrogens is 3. The van der Waals surface area contributed by atoms with Crippen molar-refractivity contribution in [3.63, 3.8) is 0 Å². The molecule has 1 saturated carbocycles. The van der Waals surface area contributed by atoms with Crippen molar-refractivity contribution >= 4 is 23.6 Å². The number of carboxylic acid groups (broad SMARTS) is 2. The van der Waals surface area contributed by atoms with Crippen LogP contribution in [-0.2, 0) is 19.1 Å². The molecule has 2 aromatic heterocycles. The number of ether oxygens (including phenoxy) is 3. The van der Waals surface area contributed by atoms with Crippen LogP contribution in [0.5, 0.6) is 11.5 Å². The number of aliphatic imine (C=N–C) groups is 1. The van der Waals surface area contributed by atoms with Crippen molar-refractivity contribution in [1.29, 1.82) is 0 Å². The summed E-state index contributed by atoms with van der Waals surface area (Å²) < 4.78 is 18.9. The summed E-state index contributed by atoms with van der Waals surface area (Å²) in [5, 5.41) is 28.6. The van der Waals surface area contributed by atoms with Gasteiger partial charge in [-0.3, -0.25) is 19.1 Å². The van der Waals surface area contributed by atoms with Crippen molar-refractivity contribution in [2.75, 3.05) is 13.7 Å². The fraction of sp³-hybridized carbons (Fsp3) is 0.400. The Morgan fingerprint density at radius 3 is 2.56 bits per heavy atom. The van der Waals surface area contributed by atoms with Crippen molar-refractivity contribution in [1.82, 2.24) is 14.5 Å². The molecule has 0 bridgehead atoms. The summed E-state index contributed by atoms with van der Waals surface area (Å²) >= 11 is 0. The first-order valence-corrected chi connectivity index (χ1v) is 13.9. The number of fused-ring (bicyclic) bond motifs is 3. The lowest BCUT2D eigenvalue weighted by atomic mass is 9.74. The molecule has 1 unspecified atom stereocenters. The molecule has 43 heavy (non-hydrogen) atoms. The maximum Gasteiger partial charge on any atom is 0.336 e. The van der Waals surface area contributed by atoms with Crippen LogP contribution in [0.15, 0.2) is 54.2 Å². The summed E-state index contributed by atoms with van der Waals surface area (Å²) in [5.41, 5.74) is 0.563. The van der Waals surface area contributed by atoms with Crippen LogP contribution in [0.25, 0.3) is 5.82 Å². The van der Waals surface area contributed by atoms with Crippen LogP contribution in [0.1, 0.15) is 61.6 Å². The van der Waals surface area contributed by atoms with Gasteiger partial charge in [0.1, 0.15) is 18.2 Å². The number of methoxy groups -OCH3 is 1. The smallest absolute Gasteiger partial charge is 0.336 e. The van der Waals surface area contributed by atoms with Crippen molar-refractivity contribution in [3.05, 3.63) is 65.9 Å². The summed E-state index contributed by atoms with van der Waals surface area (Å²) in [6.07, 6.45) is 5.62. The van der Waals surface area contributed by atoms with Gasteiger partial charge >= 0.3 is 17.9 Å². The SMILES string of the molecule is CCOc1cc2c(cc1OC)C(c1ccc(-n3ccnc3)nc1)=N[C@@H]1CC[C@@H](OC(=O)CC(O)(CC(=O)O)C(=O)O)C[C@H]21. The minimum atomic E-state index is -2.76. The molecule has 2 aliphatic rings. The first kappa shape index (κ1) is 29.7. The molecule has 13 heteroatoms. The average molecular weight is 593 g/mol. The number of rotatable bonds is 11. The second kappa shape index (κ2) is 12.2. The average Bonchev–Trinajstić information content (AvgIpc) is 3.51. The molecule has 1 fully saturated rings. The third-order valence-corrected chi connectivity index (χ3v) is 7.72. The molecule has 1 aliphatic carbocycles. The number of carbonyl (C=O) groups excluding carboxylic acids is 1. The van der Waals surface area contributed by atoms with Crippen LogP contribution < -0.4 is 9.47 Å². The Kier molecular flexibility index (Phi) is 8.44. The van der Waals surface area contributed by atoms with Crippen molar-refractivity contribution < 1.29 is 43.9 Å². The van der Waals surface area contributed by atoms with Crippen LogP contribution in [0, 0.1) is 0 Å². The van der Waals surface area contributed by atoms with Gasteiger partial charge in [-0.25, -0.2) is 14.8 Å². The van der Waals surface area contributed by atoms with E-state index in [-0.39, 0.29) is 12.0 Å². The molecule has 0 saturated heterocycles. The molecular weight excluding hydrogens is 560 g/mol. The zero-order valence-corrected chi connectivity index (χ0v) is 23.7. The van der Waals surface area contributed by atoms with Crippen molar-refractivity contribution in [2.24, 2.45) is 4.99 Å². The maximum absolute atomic E-state index is 12.7. The number of aliphatic hydroxyl groups is 1. The van der Waals surface area contributed by atoms with Crippen LogP contribution in [0.4, 0.5) is 0 Å². The van der Waals surface area contributed by atoms with E-state index < -0.39 is 42.5 Å². The number of hydrogen-bond acceptors (Lipinski definition) is 10. The summed E-state index contributed by atoms with van der Waals surface area (Å²) in [6.45, 7) is 2.30. The van der Waals surface area contributed by atoms with E-state index in [1.165, 1.54) is 0 Å². The fourth-order valence-corrected chi connectivity index (χ4v) is 5.70. The van der Waals surface area contributed by atoms with Gasteiger partial charge in [0.25, 0.3) is 0 Å². The Hall–Kier alpha value is -4.78. The number of imidazole rings is 1. The van der Waals surface area contributed by atoms with E-state index in [2.05, 4.69) is 9.97 Å². The Morgan fingerprint density at radius 1 is 1.12 bits per heavy atom. The third kappa shape index (κ3) is 6.21. The Labute approximate surface area is 246 Å². The zero-order chi connectivity index (χ0) is 30.7. The molecule has 4 atom stereocenters. The number of carbonyl (C=O) groups is 3. The molecule has 0 amide bonds. The fourth-order valence-electron chi connectivity index (χ4n) is 5.70. The van der Waals surface area contributed by atoms with Crippen LogP contribution in [0.2, 0.25) is 0 Å². The molecule has 3 aromatic rings. The lowest BCUT2D eigenvalue weighted by Gasteiger charge is -2.39. The lowest BCUT2D eigenvalue weighted by molar-refractivity contribution is -0.174. The molecule has 1 aliphatic heterocycles. The molecule has 3 N–H and O–H groups in total. The van der Waals surface area contributed by atoms with Gasteiger partial charge in [-0.2, -0.15) is 0 Å². The Morgan fingerprint density at radius 2 is 1.93 bits per heavy atom. The van der Waals surface area contributed by atoms with Crippen molar-refractivity contribution in [2.45, 2.75) is 62.7 Å². The predicted octanol–water partition coefficient (Wildman–Crippen LogP) is 2.75. The molecule has 0 radical (unpaired) electrons. The summed E-state index contributed by atoms with van der Waals surface area (Å²) in [6, 6.07) is 7.50. The number of esters is 1. The second-order valence-electron chi connectivity index (χ2n) is 10.6. The van der Waals surface area contributed by atoms with Gasteiger partial charge in [-0.15, -0.1) is 0 Å². The quantitative estimate of drug-likeness (QED) is 0.278. The Balaban J connectivity index is 1.43. The monoisotopic (exact) mass is 592 g/mol. The highest BCUT2D eigenvalue weighted by atomic mass is 16.5. The number of benzene rings is 1. The molecule has 5 rings (SSSR count). The van der Waals surface area contributed by atoms with E-state index in [1.807, 2.05) is 31.2 Å². The van der Waals surface area contributed by atoms with E-state index in [0.29, 0.717) is 43.2 Å². The number of carboxylic acids is 2. The number of nitrogens with zero attached hydrogens (tertiary/aromatic N) is 4. The number of aliphatic carboxylic acids is 2. The van der Waals surface area contributed by atoms with E-state index in [9.17, 15) is 24.6 Å². The maximum atomic E-state index is 12.7. The van der Waals surface area contributed by atoms with Gasteiger partial charge in [0, 0.05) is 35.6 Å². The number of hydrogen-bond donors (Lipinski definition) is 3. The first-order valence-electron chi connectivity index (χ1n) is 13.9. The van der Waals surface area contributed by atoms with Crippen molar-refractivity contribution in [3.8, 4) is 17.3 Å². The summed E-state index contributed by atoms with van der Waals surface area (Å²) in [4.78, 5) is 49.0. The molecule has 1 aromatic carbocycles. The van der Waals surface area contributed by atoms with Gasteiger partial charge < -0.3 is 29.5 Å². The topological polar surface area (TPSA) is 183 Å². The third-order valence-electron chi connectivity index (χ3n) is 7.72. The highest BCUT2D eigenvalue weighted by Crippen LogP contribution is 2.45. The largest absolute Gasteiger partial charge is 0.493 e. The second-order valence-corrected chi connectivity index (χ2v) is 10.6. The van der Waals surface area contributed by atoms with Gasteiger partial charge in [0.05, 0.1) is 38.3 Å². The van der Waals surface area contributed by atoms with E-state index >= 15 is 0 Å². The molecule has 226 valence electrons. The Bertz CT molecular complexity index is 1540. The molecule has 13 nitrogen and oxygen atoms in total. The lowest BCUT2D eigenvalue weighted by Crippen LogP contribution is -2.44. The predicted molar refractivity (Wildman–Crippen MR) is 151 cm³/mol. The summed E-state index contributed by atoms with van der Waals surface area (Å²) in [7, 11) is 1.56. The molecule has 3 heterocycles. The normalized spacial score (nSPS) is 20.5. The number of pyridine rings is 1. The highest BCUT2D eigenvalue weighted by Gasteiger charge is 2.43. The molecule has 0 spiro atoms. The standard InChI is InChI=1S/C30H32N4O9/c1-3-42-24-11-19-20-10-18(43-27(37)14-30(40,29(38)39)13-26(35)36)5-6-22(20)33-28(21(19)12-23(24)41-2)17-4-7-25(32-15-17)34-9-8-31-16-34/h4,7-9,11-12,15-16,18,20,22,40H,3,5-6,10,13-14H2,1-2H3,(H,35,36)(H,38,39)/t18-,20-,22-,30?/m1/s1. The van der Waals surface area contributed by atoms with E-state index in [4.69, 9.17) is 24.3 Å².